The first-order valence-electron chi connectivity index (χ1n) is 8.20. The van der Waals surface area contributed by atoms with E-state index >= 15 is 0 Å². The molecule has 0 aromatic heterocycles. The number of nitrogens with zero attached hydrogens (tertiary/aromatic N) is 2. The molecular formula is C18H17N3O8. The summed E-state index contributed by atoms with van der Waals surface area (Å²) in [7, 11) is 4.30. The Bertz CT molecular complexity index is 964. The molecule has 0 radical (unpaired) electrons. The summed E-state index contributed by atoms with van der Waals surface area (Å²) in [5.74, 6) is 0.984. The minimum Gasteiger partial charge on any atom is -0.493 e. The van der Waals surface area contributed by atoms with Gasteiger partial charge in [0, 0.05) is 5.56 Å². The number of methoxy groups -OCH3 is 3. The van der Waals surface area contributed by atoms with Crippen molar-refractivity contribution in [3.8, 4) is 28.7 Å². The zero-order valence-corrected chi connectivity index (χ0v) is 15.8. The number of rotatable bonds is 7. The van der Waals surface area contributed by atoms with E-state index in [9.17, 15) is 14.9 Å². The molecule has 1 heterocycles. The van der Waals surface area contributed by atoms with Crippen molar-refractivity contribution >= 4 is 17.8 Å². The van der Waals surface area contributed by atoms with Gasteiger partial charge >= 0.3 is 0 Å². The van der Waals surface area contributed by atoms with E-state index in [1.165, 1.54) is 45.6 Å². The normalized spacial score (nSPS) is 12.0. The fourth-order valence-corrected chi connectivity index (χ4v) is 2.65. The van der Waals surface area contributed by atoms with Crippen molar-refractivity contribution in [1.29, 1.82) is 0 Å². The largest absolute Gasteiger partial charge is 0.493 e. The molecule has 1 aliphatic heterocycles. The Morgan fingerprint density at radius 1 is 1.10 bits per heavy atom. The lowest BCUT2D eigenvalue weighted by Crippen LogP contribution is -2.18. The monoisotopic (exact) mass is 403 g/mol. The van der Waals surface area contributed by atoms with Gasteiger partial charge in [-0.25, -0.2) is 5.43 Å². The number of nitro benzene ring substituents is 1. The van der Waals surface area contributed by atoms with E-state index in [-0.39, 0.29) is 29.4 Å². The molecule has 3 rings (SSSR count). The maximum absolute atomic E-state index is 12.4. The number of fused-ring (bicyclic) bond motifs is 1. The van der Waals surface area contributed by atoms with Crippen LogP contribution in [0.25, 0.3) is 0 Å². The summed E-state index contributed by atoms with van der Waals surface area (Å²) in [6.45, 7) is -0.0229. The Morgan fingerprint density at radius 2 is 1.72 bits per heavy atom. The molecular weight excluding hydrogens is 386 g/mol. The number of hydrazone groups is 1. The molecule has 1 amide bonds. The van der Waals surface area contributed by atoms with E-state index in [4.69, 9.17) is 23.7 Å². The highest BCUT2D eigenvalue weighted by Crippen LogP contribution is 2.38. The topological polar surface area (TPSA) is 131 Å². The summed E-state index contributed by atoms with van der Waals surface area (Å²) >= 11 is 0. The average Bonchev–Trinajstić information content (AvgIpc) is 3.19. The van der Waals surface area contributed by atoms with Crippen LogP contribution in [0.15, 0.2) is 29.4 Å². The molecule has 29 heavy (non-hydrogen) atoms. The number of hydrogen-bond acceptors (Lipinski definition) is 9. The number of nitro groups is 1. The predicted octanol–water partition coefficient (Wildman–Crippen LogP) is 2.11. The lowest BCUT2D eigenvalue weighted by Gasteiger charge is -2.13. The van der Waals surface area contributed by atoms with Gasteiger partial charge < -0.3 is 23.7 Å². The van der Waals surface area contributed by atoms with Crippen LogP contribution in [0.1, 0.15) is 15.9 Å². The van der Waals surface area contributed by atoms with Crippen molar-refractivity contribution in [1.82, 2.24) is 5.43 Å². The maximum Gasteiger partial charge on any atom is 0.282 e. The Morgan fingerprint density at radius 3 is 2.28 bits per heavy atom. The summed E-state index contributed by atoms with van der Waals surface area (Å²) in [4.78, 5) is 23.1. The van der Waals surface area contributed by atoms with Gasteiger partial charge in [-0.15, -0.1) is 0 Å². The Kier molecular flexibility index (Phi) is 5.67. The number of ether oxygens (including phenoxy) is 5. The van der Waals surface area contributed by atoms with E-state index in [2.05, 4.69) is 10.5 Å². The second-order valence-corrected chi connectivity index (χ2v) is 5.63. The number of carbonyl (C=O) groups is 1. The molecule has 152 valence electrons. The summed E-state index contributed by atoms with van der Waals surface area (Å²) in [5, 5.41) is 15.1. The molecule has 2 aromatic rings. The highest BCUT2D eigenvalue weighted by atomic mass is 16.7. The Labute approximate surface area is 164 Å². The van der Waals surface area contributed by atoms with Crippen LogP contribution in [-0.4, -0.2) is 45.2 Å². The number of nitrogens with one attached hydrogen (secondary N) is 1. The number of hydrogen-bond donors (Lipinski definition) is 1. The highest BCUT2D eigenvalue weighted by molar-refractivity contribution is 5.96. The zero-order valence-electron chi connectivity index (χ0n) is 15.8. The van der Waals surface area contributed by atoms with Crippen molar-refractivity contribution in [2.45, 2.75) is 0 Å². The molecule has 0 spiro atoms. The molecule has 2 aromatic carbocycles. The molecule has 0 saturated heterocycles. The summed E-state index contributed by atoms with van der Waals surface area (Å²) in [6, 6.07) is 5.56. The van der Waals surface area contributed by atoms with E-state index in [0.29, 0.717) is 23.0 Å². The van der Waals surface area contributed by atoms with E-state index in [1.807, 2.05) is 0 Å². The highest BCUT2D eigenvalue weighted by Gasteiger charge is 2.22. The van der Waals surface area contributed by atoms with Gasteiger partial charge in [0.2, 0.25) is 12.5 Å². The first kappa shape index (κ1) is 19.7. The molecule has 0 atom stereocenters. The molecule has 1 N–H and O–H groups in total. The van der Waals surface area contributed by atoms with Crippen LogP contribution in [0, 0.1) is 10.1 Å². The van der Waals surface area contributed by atoms with Crippen LogP contribution >= 0.6 is 0 Å². The second kappa shape index (κ2) is 8.33. The van der Waals surface area contributed by atoms with Crippen molar-refractivity contribution in [3.05, 3.63) is 45.5 Å². The molecule has 0 bridgehead atoms. The summed E-state index contributed by atoms with van der Waals surface area (Å²) < 4.78 is 26.0. The molecule has 11 heteroatoms. The van der Waals surface area contributed by atoms with Gasteiger partial charge in [0.05, 0.1) is 44.1 Å². The van der Waals surface area contributed by atoms with E-state index in [0.717, 1.165) is 6.21 Å². The van der Waals surface area contributed by atoms with Crippen molar-refractivity contribution in [2.75, 3.05) is 28.1 Å². The van der Waals surface area contributed by atoms with Gasteiger partial charge in [-0.3, -0.25) is 14.9 Å². The number of amides is 1. The molecule has 0 aliphatic carbocycles. The van der Waals surface area contributed by atoms with Gasteiger partial charge in [-0.2, -0.15) is 5.10 Å². The van der Waals surface area contributed by atoms with Crippen molar-refractivity contribution < 1.29 is 33.4 Å². The SMILES string of the molecule is COc1cc(C(=O)N/N=C\c2cc3c(cc2[N+](=O)[O-])OCO3)cc(OC)c1OC. The van der Waals surface area contributed by atoms with Crippen LogP contribution in [0.2, 0.25) is 0 Å². The smallest absolute Gasteiger partial charge is 0.282 e. The first-order chi connectivity index (χ1) is 14.0. The third-order valence-electron chi connectivity index (χ3n) is 4.02. The maximum atomic E-state index is 12.4. The minimum absolute atomic E-state index is 0.0229. The van der Waals surface area contributed by atoms with Crippen LogP contribution in [0.5, 0.6) is 28.7 Å². The van der Waals surface area contributed by atoms with Crippen LogP contribution < -0.4 is 29.1 Å². The second-order valence-electron chi connectivity index (χ2n) is 5.63. The predicted molar refractivity (Wildman–Crippen MR) is 100 cm³/mol. The Balaban J connectivity index is 1.83. The van der Waals surface area contributed by atoms with Crippen LogP contribution in [0.3, 0.4) is 0 Å². The molecule has 11 nitrogen and oxygen atoms in total. The third kappa shape index (κ3) is 3.98. The lowest BCUT2D eigenvalue weighted by atomic mass is 10.1. The quantitative estimate of drug-likeness (QED) is 0.422. The summed E-state index contributed by atoms with van der Waals surface area (Å²) in [6.07, 6.45) is 1.15. The molecule has 0 saturated carbocycles. The fraction of sp³-hybridized carbons (Fsp3) is 0.222. The number of carbonyl (C=O) groups excluding carboxylic acids is 1. The van der Waals surface area contributed by atoms with Gasteiger partial charge in [-0.05, 0) is 18.2 Å². The molecule has 0 fully saturated rings. The Hall–Kier alpha value is -4.02. The molecule has 1 aliphatic rings. The van der Waals surface area contributed by atoms with Gasteiger partial charge in [0.25, 0.3) is 11.6 Å². The van der Waals surface area contributed by atoms with Crippen molar-refractivity contribution in [3.63, 3.8) is 0 Å². The minimum atomic E-state index is -0.580. The standard InChI is InChI=1S/C18H17N3O8/c1-25-15-4-10(5-16(26-2)17(15)27-3)18(22)20-19-8-11-6-13-14(29-9-28-13)7-12(11)21(23)24/h4-8H,9H2,1-3H3,(H,20,22)/b19-8-. The summed E-state index contributed by atoms with van der Waals surface area (Å²) in [5.41, 5.74) is 2.40. The van der Waals surface area contributed by atoms with Gasteiger partial charge in [0.15, 0.2) is 23.0 Å². The van der Waals surface area contributed by atoms with Gasteiger partial charge in [-0.1, -0.05) is 0 Å². The van der Waals surface area contributed by atoms with Crippen LogP contribution in [-0.2, 0) is 0 Å². The van der Waals surface area contributed by atoms with Crippen molar-refractivity contribution in [2.24, 2.45) is 5.10 Å². The van der Waals surface area contributed by atoms with E-state index < -0.39 is 10.8 Å². The fourth-order valence-electron chi connectivity index (χ4n) is 2.65. The van der Waals surface area contributed by atoms with Gasteiger partial charge in [0.1, 0.15) is 0 Å². The number of benzene rings is 2. The lowest BCUT2D eigenvalue weighted by molar-refractivity contribution is -0.385. The average molecular weight is 403 g/mol. The van der Waals surface area contributed by atoms with E-state index in [1.54, 1.807) is 0 Å². The zero-order chi connectivity index (χ0) is 21.0. The third-order valence-corrected chi connectivity index (χ3v) is 4.02. The molecule has 0 unspecified atom stereocenters. The first-order valence-corrected chi connectivity index (χ1v) is 8.20. The van der Waals surface area contributed by atoms with Crippen LogP contribution in [0.4, 0.5) is 5.69 Å².